The molecule has 0 spiro atoms. The molecule has 2 aromatic rings. The fourth-order valence-electron chi connectivity index (χ4n) is 2.30. The van der Waals surface area contributed by atoms with Crippen molar-refractivity contribution >= 4 is 17.9 Å². The van der Waals surface area contributed by atoms with Crippen molar-refractivity contribution in [3.05, 3.63) is 65.4 Å². The zero-order chi connectivity index (χ0) is 16.9. The first-order valence-corrected chi connectivity index (χ1v) is 7.60. The number of hydrogen-bond acceptors (Lipinski definition) is 5. The number of nitrogens with zero attached hydrogens (tertiary/aromatic N) is 1. The number of aliphatic imine (C=N–C) groups is 1. The Balaban J connectivity index is 1.91. The van der Waals surface area contributed by atoms with Crippen LogP contribution >= 0.6 is 0 Å². The van der Waals surface area contributed by atoms with Crippen LogP contribution in [0.5, 0.6) is 11.5 Å². The quantitative estimate of drug-likeness (QED) is 0.625. The van der Waals surface area contributed by atoms with Crippen LogP contribution in [-0.2, 0) is 9.53 Å². The van der Waals surface area contributed by atoms with Crippen molar-refractivity contribution in [3.63, 3.8) is 0 Å². The average molecular weight is 323 g/mol. The Hall–Kier alpha value is -3.08. The van der Waals surface area contributed by atoms with E-state index in [9.17, 15) is 4.79 Å². The first-order chi connectivity index (χ1) is 11.7. The molecule has 0 aromatic heterocycles. The molecule has 0 fully saturated rings. The molecule has 0 bridgehead atoms. The second kappa shape index (κ2) is 7.00. The second-order valence-electron chi connectivity index (χ2n) is 5.04. The van der Waals surface area contributed by atoms with Crippen LogP contribution in [0, 0.1) is 0 Å². The summed E-state index contributed by atoms with van der Waals surface area (Å²) >= 11 is 0. The van der Waals surface area contributed by atoms with Crippen molar-refractivity contribution in [1.82, 2.24) is 0 Å². The van der Waals surface area contributed by atoms with Gasteiger partial charge in [0, 0.05) is 11.1 Å². The summed E-state index contributed by atoms with van der Waals surface area (Å²) < 4.78 is 15.9. The molecule has 1 aliphatic heterocycles. The zero-order valence-corrected chi connectivity index (χ0v) is 13.5. The van der Waals surface area contributed by atoms with Crippen molar-refractivity contribution in [3.8, 4) is 11.5 Å². The average Bonchev–Trinajstić information content (AvgIpc) is 2.98. The van der Waals surface area contributed by atoms with Crippen LogP contribution < -0.4 is 9.47 Å². The lowest BCUT2D eigenvalue weighted by molar-refractivity contribution is -0.129. The van der Waals surface area contributed by atoms with Gasteiger partial charge in [0.05, 0.1) is 13.7 Å². The van der Waals surface area contributed by atoms with Gasteiger partial charge in [-0.05, 0) is 43.3 Å². The van der Waals surface area contributed by atoms with Crippen LogP contribution in [0.25, 0.3) is 6.08 Å². The number of cyclic esters (lactones) is 1. The van der Waals surface area contributed by atoms with Gasteiger partial charge in [-0.1, -0.05) is 18.2 Å². The van der Waals surface area contributed by atoms with Crippen LogP contribution in [-0.4, -0.2) is 25.6 Å². The van der Waals surface area contributed by atoms with E-state index >= 15 is 0 Å². The third-order valence-corrected chi connectivity index (χ3v) is 3.47. The predicted octanol–water partition coefficient (Wildman–Crippen LogP) is 3.44. The highest BCUT2D eigenvalue weighted by molar-refractivity contribution is 6.13. The second-order valence-corrected chi connectivity index (χ2v) is 5.04. The maximum absolute atomic E-state index is 12.1. The van der Waals surface area contributed by atoms with E-state index in [2.05, 4.69) is 4.99 Å². The number of carbonyl (C=O) groups excluding carboxylic acids is 1. The van der Waals surface area contributed by atoms with E-state index in [1.54, 1.807) is 37.5 Å². The standard InChI is InChI=1S/C19H17NO4/c1-3-23-17-7-5-4-6-14(17)12-16-19(21)24-18(20-16)13-8-10-15(22-2)11-9-13/h4-12H,3H2,1-2H3/b16-12-. The number of methoxy groups -OCH3 is 1. The molecule has 2 aromatic carbocycles. The first-order valence-electron chi connectivity index (χ1n) is 7.60. The Labute approximate surface area is 140 Å². The van der Waals surface area contributed by atoms with Crippen LogP contribution in [0.15, 0.2) is 59.2 Å². The molecule has 24 heavy (non-hydrogen) atoms. The van der Waals surface area contributed by atoms with Crippen molar-refractivity contribution in [1.29, 1.82) is 0 Å². The molecule has 3 rings (SSSR count). The van der Waals surface area contributed by atoms with Crippen molar-refractivity contribution in [2.45, 2.75) is 6.92 Å². The van der Waals surface area contributed by atoms with Gasteiger partial charge in [-0.15, -0.1) is 0 Å². The predicted molar refractivity (Wildman–Crippen MR) is 91.2 cm³/mol. The highest BCUT2D eigenvalue weighted by Crippen LogP contribution is 2.25. The Kier molecular flexibility index (Phi) is 4.61. The van der Waals surface area contributed by atoms with Gasteiger partial charge in [-0.2, -0.15) is 0 Å². The minimum atomic E-state index is -0.480. The SMILES string of the molecule is CCOc1ccccc1/C=C1\N=C(c2ccc(OC)cc2)OC1=O. The van der Waals surface area contributed by atoms with Crippen LogP contribution in [0.3, 0.4) is 0 Å². The van der Waals surface area contributed by atoms with Crippen molar-refractivity contribution in [2.75, 3.05) is 13.7 Å². The van der Waals surface area contributed by atoms with E-state index in [1.165, 1.54) is 0 Å². The third-order valence-electron chi connectivity index (χ3n) is 3.47. The van der Waals surface area contributed by atoms with Crippen LogP contribution in [0.1, 0.15) is 18.1 Å². The molecule has 5 nitrogen and oxygen atoms in total. The minimum Gasteiger partial charge on any atom is -0.497 e. The number of carbonyl (C=O) groups is 1. The number of rotatable bonds is 5. The summed E-state index contributed by atoms with van der Waals surface area (Å²) in [5.41, 5.74) is 1.74. The van der Waals surface area contributed by atoms with E-state index in [1.807, 2.05) is 31.2 Å². The van der Waals surface area contributed by atoms with E-state index in [0.29, 0.717) is 17.9 Å². The van der Waals surface area contributed by atoms with Gasteiger partial charge >= 0.3 is 5.97 Å². The summed E-state index contributed by atoms with van der Waals surface area (Å²) in [6.07, 6.45) is 1.67. The van der Waals surface area contributed by atoms with Gasteiger partial charge in [0.15, 0.2) is 5.70 Å². The fourth-order valence-corrected chi connectivity index (χ4v) is 2.30. The Morgan fingerprint density at radius 1 is 1.12 bits per heavy atom. The largest absolute Gasteiger partial charge is 0.497 e. The molecule has 0 radical (unpaired) electrons. The number of esters is 1. The normalized spacial score (nSPS) is 15.2. The van der Waals surface area contributed by atoms with Crippen molar-refractivity contribution < 1.29 is 19.0 Å². The summed E-state index contributed by atoms with van der Waals surface area (Å²) in [6, 6.07) is 14.6. The monoisotopic (exact) mass is 323 g/mol. The lowest BCUT2D eigenvalue weighted by atomic mass is 10.1. The van der Waals surface area contributed by atoms with Gasteiger partial charge in [-0.25, -0.2) is 9.79 Å². The Morgan fingerprint density at radius 3 is 2.58 bits per heavy atom. The highest BCUT2D eigenvalue weighted by Gasteiger charge is 2.24. The van der Waals surface area contributed by atoms with E-state index < -0.39 is 5.97 Å². The van der Waals surface area contributed by atoms with Crippen LogP contribution in [0.2, 0.25) is 0 Å². The van der Waals surface area contributed by atoms with Gasteiger partial charge in [0.2, 0.25) is 5.90 Å². The number of benzene rings is 2. The molecule has 1 heterocycles. The molecule has 0 amide bonds. The van der Waals surface area contributed by atoms with Gasteiger partial charge in [0.1, 0.15) is 11.5 Å². The van der Waals surface area contributed by atoms with Gasteiger partial charge in [-0.3, -0.25) is 0 Å². The smallest absolute Gasteiger partial charge is 0.363 e. The van der Waals surface area contributed by atoms with E-state index in [4.69, 9.17) is 14.2 Å². The summed E-state index contributed by atoms with van der Waals surface area (Å²) in [6.45, 7) is 2.46. The van der Waals surface area contributed by atoms with Gasteiger partial charge < -0.3 is 14.2 Å². The molecule has 0 saturated heterocycles. The maximum Gasteiger partial charge on any atom is 0.363 e. The first kappa shape index (κ1) is 15.8. The van der Waals surface area contributed by atoms with Crippen LogP contribution in [0.4, 0.5) is 0 Å². The topological polar surface area (TPSA) is 57.1 Å². The Bertz CT molecular complexity index is 806. The molecule has 0 saturated carbocycles. The molecule has 5 heteroatoms. The number of para-hydroxylation sites is 1. The molecular weight excluding hydrogens is 306 g/mol. The summed E-state index contributed by atoms with van der Waals surface area (Å²) in [5, 5.41) is 0. The molecule has 0 atom stereocenters. The fraction of sp³-hybridized carbons (Fsp3) is 0.158. The highest BCUT2D eigenvalue weighted by atomic mass is 16.6. The Morgan fingerprint density at radius 2 is 1.88 bits per heavy atom. The lowest BCUT2D eigenvalue weighted by Gasteiger charge is -2.06. The maximum atomic E-state index is 12.1. The lowest BCUT2D eigenvalue weighted by Crippen LogP contribution is -2.05. The zero-order valence-electron chi connectivity index (χ0n) is 13.5. The third kappa shape index (κ3) is 3.30. The summed E-state index contributed by atoms with van der Waals surface area (Å²) in [7, 11) is 1.60. The summed E-state index contributed by atoms with van der Waals surface area (Å²) in [4.78, 5) is 16.4. The molecule has 122 valence electrons. The van der Waals surface area contributed by atoms with E-state index in [0.717, 1.165) is 11.3 Å². The van der Waals surface area contributed by atoms with E-state index in [-0.39, 0.29) is 11.6 Å². The molecule has 0 unspecified atom stereocenters. The minimum absolute atomic E-state index is 0.243. The van der Waals surface area contributed by atoms with Crippen molar-refractivity contribution in [2.24, 2.45) is 4.99 Å². The molecule has 0 N–H and O–H groups in total. The van der Waals surface area contributed by atoms with Gasteiger partial charge in [0.25, 0.3) is 0 Å². The number of hydrogen-bond donors (Lipinski definition) is 0. The molecule has 0 aliphatic carbocycles. The molecular formula is C19H17NO4. The number of ether oxygens (including phenoxy) is 3. The summed E-state index contributed by atoms with van der Waals surface area (Å²) in [5.74, 6) is 1.23. The molecule has 1 aliphatic rings.